The number of hydrogen-bond acceptors (Lipinski definition) is 3. The predicted octanol–water partition coefficient (Wildman–Crippen LogP) is 1.47. The van der Waals surface area contributed by atoms with Gasteiger partial charge < -0.3 is 14.6 Å². The molecule has 1 fully saturated rings. The summed E-state index contributed by atoms with van der Waals surface area (Å²) in [5.74, 6) is 1.65. The summed E-state index contributed by atoms with van der Waals surface area (Å²) in [6.45, 7) is 4.93. The first-order chi connectivity index (χ1) is 9.35. The number of hydrogen-bond donors (Lipinski definition) is 1. The molecule has 1 aromatic heterocycles. The van der Waals surface area contributed by atoms with Crippen molar-refractivity contribution in [2.45, 2.75) is 45.1 Å². The number of nitrogens with zero attached hydrogens (tertiary/aromatic N) is 3. The van der Waals surface area contributed by atoms with Gasteiger partial charge in [0.1, 0.15) is 5.82 Å². The van der Waals surface area contributed by atoms with E-state index < -0.39 is 0 Å². The SMILES string of the molecule is OCC1CCc2nc(CCN3CCCCC3)cn2C1. The van der Waals surface area contributed by atoms with Crippen LogP contribution in [0.4, 0.5) is 0 Å². The molecule has 4 heteroatoms. The normalized spacial score (nSPS) is 24.4. The summed E-state index contributed by atoms with van der Waals surface area (Å²) in [5.41, 5.74) is 1.24. The van der Waals surface area contributed by atoms with Gasteiger partial charge in [-0.2, -0.15) is 0 Å². The number of aromatic nitrogens is 2. The van der Waals surface area contributed by atoms with Crippen LogP contribution in [0.25, 0.3) is 0 Å². The summed E-state index contributed by atoms with van der Waals surface area (Å²) in [6, 6.07) is 0. The molecule has 3 rings (SSSR count). The molecule has 2 aliphatic heterocycles. The van der Waals surface area contributed by atoms with Crippen LogP contribution in [-0.4, -0.2) is 45.8 Å². The lowest BCUT2D eigenvalue weighted by Gasteiger charge is -2.25. The Morgan fingerprint density at radius 1 is 1.26 bits per heavy atom. The van der Waals surface area contributed by atoms with Crippen molar-refractivity contribution < 1.29 is 5.11 Å². The zero-order valence-corrected chi connectivity index (χ0v) is 11.7. The molecule has 0 spiro atoms. The van der Waals surface area contributed by atoms with Gasteiger partial charge in [0, 0.05) is 44.7 Å². The second-order valence-electron chi connectivity index (χ2n) is 6.04. The standard InChI is InChI=1S/C15H25N3O/c19-12-13-4-5-15-16-14(11-18(15)10-13)6-9-17-7-2-1-3-8-17/h11,13,19H,1-10,12H2. The summed E-state index contributed by atoms with van der Waals surface area (Å²) < 4.78 is 2.26. The largest absolute Gasteiger partial charge is 0.396 e. The third kappa shape index (κ3) is 3.18. The van der Waals surface area contributed by atoms with Gasteiger partial charge in [-0.25, -0.2) is 4.98 Å². The molecule has 1 saturated heterocycles. The lowest BCUT2D eigenvalue weighted by Crippen LogP contribution is -2.31. The monoisotopic (exact) mass is 263 g/mol. The molecule has 0 amide bonds. The van der Waals surface area contributed by atoms with Gasteiger partial charge in [-0.05, 0) is 32.4 Å². The van der Waals surface area contributed by atoms with E-state index in [0.717, 1.165) is 32.4 Å². The van der Waals surface area contributed by atoms with Crippen LogP contribution in [0.15, 0.2) is 6.20 Å². The highest BCUT2D eigenvalue weighted by atomic mass is 16.3. The van der Waals surface area contributed by atoms with Crippen molar-refractivity contribution in [3.63, 3.8) is 0 Å². The maximum Gasteiger partial charge on any atom is 0.108 e. The van der Waals surface area contributed by atoms with Crippen LogP contribution in [0.1, 0.15) is 37.2 Å². The number of aliphatic hydroxyl groups is 1. The summed E-state index contributed by atoms with van der Waals surface area (Å²) in [6.07, 6.45) is 9.51. The zero-order chi connectivity index (χ0) is 13.1. The molecule has 19 heavy (non-hydrogen) atoms. The van der Waals surface area contributed by atoms with Crippen molar-refractivity contribution in [2.75, 3.05) is 26.2 Å². The molecular weight excluding hydrogens is 238 g/mol. The van der Waals surface area contributed by atoms with E-state index in [-0.39, 0.29) is 0 Å². The Morgan fingerprint density at radius 3 is 2.89 bits per heavy atom. The van der Waals surface area contributed by atoms with Crippen molar-refractivity contribution in [3.8, 4) is 0 Å². The van der Waals surface area contributed by atoms with Gasteiger partial charge in [0.25, 0.3) is 0 Å². The van der Waals surface area contributed by atoms with Crippen LogP contribution in [-0.2, 0) is 19.4 Å². The van der Waals surface area contributed by atoms with Crippen molar-refractivity contribution in [1.82, 2.24) is 14.5 Å². The number of aliphatic hydroxyl groups excluding tert-OH is 1. The van der Waals surface area contributed by atoms with Gasteiger partial charge in [0.15, 0.2) is 0 Å². The molecule has 3 heterocycles. The molecule has 106 valence electrons. The quantitative estimate of drug-likeness (QED) is 0.894. The molecule has 0 bridgehead atoms. The number of rotatable bonds is 4. The zero-order valence-electron chi connectivity index (χ0n) is 11.7. The minimum absolute atomic E-state index is 0.306. The first-order valence-electron chi connectivity index (χ1n) is 7.73. The van der Waals surface area contributed by atoms with E-state index in [4.69, 9.17) is 4.98 Å². The topological polar surface area (TPSA) is 41.3 Å². The van der Waals surface area contributed by atoms with E-state index >= 15 is 0 Å². The van der Waals surface area contributed by atoms with Crippen LogP contribution in [0.2, 0.25) is 0 Å². The molecule has 0 radical (unpaired) electrons. The molecule has 0 aromatic carbocycles. The van der Waals surface area contributed by atoms with E-state index in [2.05, 4.69) is 15.7 Å². The van der Waals surface area contributed by atoms with Crippen LogP contribution in [0, 0.1) is 5.92 Å². The molecule has 1 atom stereocenters. The second kappa shape index (κ2) is 6.06. The summed E-state index contributed by atoms with van der Waals surface area (Å²) >= 11 is 0. The lowest BCUT2D eigenvalue weighted by molar-refractivity contribution is 0.190. The Hall–Kier alpha value is -0.870. The van der Waals surface area contributed by atoms with Crippen molar-refractivity contribution in [2.24, 2.45) is 5.92 Å². The van der Waals surface area contributed by atoms with E-state index in [1.807, 2.05) is 0 Å². The molecule has 1 N–H and O–H groups in total. The molecule has 4 nitrogen and oxygen atoms in total. The fourth-order valence-corrected chi connectivity index (χ4v) is 3.30. The van der Waals surface area contributed by atoms with E-state index in [1.54, 1.807) is 0 Å². The maximum absolute atomic E-state index is 9.26. The Balaban J connectivity index is 1.55. The number of fused-ring (bicyclic) bond motifs is 1. The second-order valence-corrected chi connectivity index (χ2v) is 6.04. The summed E-state index contributed by atoms with van der Waals surface area (Å²) in [4.78, 5) is 7.33. The average molecular weight is 263 g/mol. The highest BCUT2D eigenvalue weighted by Crippen LogP contribution is 2.20. The van der Waals surface area contributed by atoms with Gasteiger partial charge in [0.2, 0.25) is 0 Å². The molecule has 2 aliphatic rings. The van der Waals surface area contributed by atoms with Crippen LogP contribution in [0.3, 0.4) is 0 Å². The summed E-state index contributed by atoms with van der Waals surface area (Å²) in [7, 11) is 0. The summed E-state index contributed by atoms with van der Waals surface area (Å²) in [5, 5.41) is 9.26. The molecule has 0 saturated carbocycles. The Labute approximate surface area is 115 Å². The number of aryl methyl sites for hydroxylation is 1. The average Bonchev–Trinajstić information content (AvgIpc) is 2.88. The van der Waals surface area contributed by atoms with Gasteiger partial charge in [-0.3, -0.25) is 0 Å². The van der Waals surface area contributed by atoms with Crippen LogP contribution in [0.5, 0.6) is 0 Å². The van der Waals surface area contributed by atoms with Crippen LogP contribution >= 0.6 is 0 Å². The maximum atomic E-state index is 9.26. The molecule has 1 unspecified atom stereocenters. The van der Waals surface area contributed by atoms with E-state index in [1.165, 1.54) is 43.9 Å². The Kier molecular flexibility index (Phi) is 4.18. The number of piperidine rings is 1. The van der Waals surface area contributed by atoms with Crippen molar-refractivity contribution in [3.05, 3.63) is 17.7 Å². The Morgan fingerprint density at radius 2 is 2.11 bits per heavy atom. The lowest BCUT2D eigenvalue weighted by atomic mass is 10.0. The van der Waals surface area contributed by atoms with Crippen LogP contribution < -0.4 is 0 Å². The first kappa shape index (κ1) is 13.1. The number of imidazole rings is 1. The fraction of sp³-hybridized carbons (Fsp3) is 0.800. The van der Waals surface area contributed by atoms with Gasteiger partial charge in [-0.15, -0.1) is 0 Å². The molecular formula is C15H25N3O. The molecule has 0 aliphatic carbocycles. The van der Waals surface area contributed by atoms with E-state index in [9.17, 15) is 5.11 Å². The smallest absolute Gasteiger partial charge is 0.108 e. The van der Waals surface area contributed by atoms with Crippen molar-refractivity contribution in [1.29, 1.82) is 0 Å². The Bertz CT molecular complexity index is 410. The van der Waals surface area contributed by atoms with Gasteiger partial charge in [-0.1, -0.05) is 6.42 Å². The fourth-order valence-electron chi connectivity index (χ4n) is 3.30. The minimum Gasteiger partial charge on any atom is -0.396 e. The molecule has 1 aromatic rings. The predicted molar refractivity (Wildman–Crippen MR) is 75.1 cm³/mol. The van der Waals surface area contributed by atoms with Crippen molar-refractivity contribution >= 4 is 0 Å². The third-order valence-corrected chi connectivity index (χ3v) is 4.53. The third-order valence-electron chi connectivity index (χ3n) is 4.53. The highest BCUT2D eigenvalue weighted by molar-refractivity contribution is 5.07. The number of likely N-dealkylation sites (tertiary alicyclic amines) is 1. The van der Waals surface area contributed by atoms with E-state index in [0.29, 0.717) is 12.5 Å². The first-order valence-corrected chi connectivity index (χ1v) is 7.73. The van der Waals surface area contributed by atoms with Gasteiger partial charge >= 0.3 is 0 Å². The highest BCUT2D eigenvalue weighted by Gasteiger charge is 2.20. The minimum atomic E-state index is 0.306. The van der Waals surface area contributed by atoms with Gasteiger partial charge in [0.05, 0.1) is 5.69 Å².